The van der Waals surface area contributed by atoms with Gasteiger partial charge in [-0.05, 0) is 29.8 Å². The molecule has 1 amide bonds. The van der Waals surface area contributed by atoms with E-state index in [1.165, 1.54) is 18.2 Å². The Hall–Kier alpha value is -3.03. The van der Waals surface area contributed by atoms with Gasteiger partial charge in [-0.2, -0.15) is 0 Å². The van der Waals surface area contributed by atoms with Gasteiger partial charge in [0, 0.05) is 43.2 Å². The van der Waals surface area contributed by atoms with Crippen molar-refractivity contribution in [2.45, 2.75) is 19.5 Å². The largest absolute Gasteiger partial charge is 0.345 e. The number of carbonyl (C=O) groups is 1. The topological polar surface area (TPSA) is 63.1 Å². The number of nitrogens with one attached hydrogen (secondary N) is 1. The summed E-state index contributed by atoms with van der Waals surface area (Å²) in [7, 11) is 0. The predicted octanol–water partition coefficient (Wildman–Crippen LogP) is 3.49. The lowest BCUT2D eigenvalue weighted by Crippen LogP contribution is -2.29. The van der Waals surface area contributed by atoms with Crippen molar-refractivity contribution in [1.29, 1.82) is 0 Å². The number of aromatic nitrogens is 3. The molecule has 2 heterocycles. The average molecular weight is 440 g/mol. The van der Waals surface area contributed by atoms with Crippen LogP contribution in [-0.4, -0.2) is 45.2 Å². The predicted molar refractivity (Wildman–Crippen MR) is 118 cm³/mol. The first kappa shape index (κ1) is 21.2. The van der Waals surface area contributed by atoms with Gasteiger partial charge in [0.2, 0.25) is 0 Å². The van der Waals surface area contributed by atoms with Gasteiger partial charge in [-0.3, -0.25) is 9.69 Å². The number of carbonyl (C=O) groups excluding carboxylic acids is 1. The lowest BCUT2D eigenvalue weighted by molar-refractivity contribution is 0.0949. The van der Waals surface area contributed by atoms with Crippen LogP contribution in [0.3, 0.4) is 0 Å². The summed E-state index contributed by atoms with van der Waals surface area (Å²) in [6, 6.07) is 15.6. The van der Waals surface area contributed by atoms with E-state index in [4.69, 9.17) is 11.6 Å². The maximum Gasteiger partial charge on any atom is 0.251 e. The fourth-order valence-electron chi connectivity index (χ4n) is 3.60. The van der Waals surface area contributed by atoms with Gasteiger partial charge in [-0.1, -0.05) is 48.0 Å². The highest BCUT2D eigenvalue weighted by Crippen LogP contribution is 2.15. The number of halogens is 2. The molecule has 0 fully saturated rings. The molecule has 1 aliphatic rings. The van der Waals surface area contributed by atoms with Crippen molar-refractivity contribution in [3.8, 4) is 0 Å². The second-order valence-electron chi connectivity index (χ2n) is 7.41. The molecule has 4 rings (SSSR count). The molecule has 0 unspecified atom stereocenters. The Morgan fingerprint density at radius 3 is 2.74 bits per heavy atom. The van der Waals surface area contributed by atoms with Crippen LogP contribution in [0.5, 0.6) is 0 Å². The number of rotatable bonds is 6. The van der Waals surface area contributed by atoms with Crippen molar-refractivity contribution in [3.63, 3.8) is 0 Å². The first-order valence-corrected chi connectivity index (χ1v) is 10.5. The maximum atomic E-state index is 13.3. The molecule has 0 spiro atoms. The zero-order valence-electron chi connectivity index (χ0n) is 17.0. The molecule has 31 heavy (non-hydrogen) atoms. The highest BCUT2D eigenvalue weighted by molar-refractivity contribution is 6.31. The summed E-state index contributed by atoms with van der Waals surface area (Å²) in [5.74, 6) is 0.794. The summed E-state index contributed by atoms with van der Waals surface area (Å²) in [6.45, 7) is 3.24. The molecule has 1 aliphatic heterocycles. The molecule has 0 radical (unpaired) electrons. The van der Waals surface area contributed by atoms with Crippen LogP contribution >= 0.6 is 11.6 Å². The van der Waals surface area contributed by atoms with E-state index in [0.29, 0.717) is 18.9 Å². The molecule has 8 heteroatoms. The van der Waals surface area contributed by atoms with Gasteiger partial charge < -0.3 is 9.88 Å². The Labute approximate surface area is 185 Å². The number of benzene rings is 2. The second-order valence-corrected chi connectivity index (χ2v) is 7.89. The third-order valence-corrected chi connectivity index (χ3v) is 5.42. The first-order chi connectivity index (χ1) is 15.1. The van der Waals surface area contributed by atoms with Gasteiger partial charge >= 0.3 is 0 Å². The van der Waals surface area contributed by atoms with Crippen LogP contribution in [-0.2, 0) is 19.5 Å². The molecule has 1 aromatic heterocycles. The first-order valence-electron chi connectivity index (χ1n) is 10.2. The lowest BCUT2D eigenvalue weighted by atomic mass is 10.2. The Kier molecular flexibility index (Phi) is 6.74. The van der Waals surface area contributed by atoms with Crippen LogP contribution in [0, 0.1) is 5.82 Å². The van der Waals surface area contributed by atoms with Crippen molar-refractivity contribution >= 4 is 23.6 Å². The maximum absolute atomic E-state index is 13.3. The second kappa shape index (κ2) is 9.85. The van der Waals surface area contributed by atoms with Gasteiger partial charge in [0.05, 0.1) is 6.54 Å². The van der Waals surface area contributed by atoms with Gasteiger partial charge in [-0.25, -0.2) is 4.39 Å². The molecule has 1 N–H and O–H groups in total. The number of fused-ring (bicyclic) bond motifs is 1. The average Bonchev–Trinajstić information content (AvgIpc) is 3.05. The molecule has 0 saturated carbocycles. The summed E-state index contributed by atoms with van der Waals surface area (Å²) in [5, 5.41) is 12.1. The number of nitrogens with zero attached hydrogens (tertiary/aromatic N) is 4. The zero-order chi connectivity index (χ0) is 21.6. The van der Waals surface area contributed by atoms with Crippen LogP contribution in [0.4, 0.5) is 4.39 Å². The Morgan fingerprint density at radius 2 is 1.94 bits per heavy atom. The summed E-state index contributed by atoms with van der Waals surface area (Å²) < 4.78 is 15.4. The van der Waals surface area contributed by atoms with E-state index >= 15 is 0 Å². The van der Waals surface area contributed by atoms with Crippen molar-refractivity contribution < 1.29 is 9.18 Å². The van der Waals surface area contributed by atoms with E-state index in [0.717, 1.165) is 35.9 Å². The molecular formula is C23H23ClFN5O. The number of hydrogen-bond acceptors (Lipinski definition) is 4. The summed E-state index contributed by atoms with van der Waals surface area (Å²) >= 11 is 6.48. The standard InChI is InChI=1S/C23H23ClFN5O/c24-19(13-17-5-2-1-3-6-17)16-29-10-9-21-27-28-22(30(21)12-11-29)15-26-23(31)18-7-4-8-20(25)14-18/h1-8,13-14H,9-12,15-16H2,(H,26,31)/b19-13-. The van der Waals surface area contributed by atoms with Gasteiger partial charge in [0.25, 0.3) is 5.91 Å². The van der Waals surface area contributed by atoms with Crippen LogP contribution in [0.25, 0.3) is 6.08 Å². The Balaban J connectivity index is 1.35. The molecule has 0 atom stereocenters. The molecule has 0 bridgehead atoms. The molecule has 0 aliphatic carbocycles. The van der Waals surface area contributed by atoms with Crippen molar-refractivity contribution in [2.75, 3.05) is 19.6 Å². The normalized spacial score (nSPS) is 14.7. The lowest BCUT2D eigenvalue weighted by Gasteiger charge is -2.19. The highest BCUT2D eigenvalue weighted by atomic mass is 35.5. The minimum atomic E-state index is -0.441. The van der Waals surface area contributed by atoms with E-state index in [-0.39, 0.29) is 18.0 Å². The van der Waals surface area contributed by atoms with E-state index in [2.05, 4.69) is 20.4 Å². The third-order valence-electron chi connectivity index (χ3n) is 5.19. The van der Waals surface area contributed by atoms with Crippen molar-refractivity contribution in [3.05, 3.63) is 88.2 Å². The van der Waals surface area contributed by atoms with Gasteiger partial charge in [0.1, 0.15) is 11.6 Å². The monoisotopic (exact) mass is 439 g/mol. The third kappa shape index (κ3) is 5.57. The van der Waals surface area contributed by atoms with Crippen LogP contribution in [0.2, 0.25) is 0 Å². The van der Waals surface area contributed by atoms with Crippen LogP contribution < -0.4 is 5.32 Å². The smallest absolute Gasteiger partial charge is 0.251 e. The van der Waals surface area contributed by atoms with Crippen LogP contribution in [0.1, 0.15) is 27.6 Å². The zero-order valence-corrected chi connectivity index (χ0v) is 17.7. The highest BCUT2D eigenvalue weighted by Gasteiger charge is 2.19. The van der Waals surface area contributed by atoms with Crippen molar-refractivity contribution in [2.24, 2.45) is 0 Å². The minimum Gasteiger partial charge on any atom is -0.345 e. The number of hydrogen-bond donors (Lipinski definition) is 1. The van der Waals surface area contributed by atoms with E-state index in [9.17, 15) is 9.18 Å². The Morgan fingerprint density at radius 1 is 1.10 bits per heavy atom. The van der Waals surface area contributed by atoms with E-state index in [1.807, 2.05) is 41.0 Å². The molecule has 0 saturated heterocycles. The Bertz CT molecular complexity index is 1080. The summed E-state index contributed by atoms with van der Waals surface area (Å²) in [4.78, 5) is 14.6. The van der Waals surface area contributed by atoms with Gasteiger partial charge in [0.15, 0.2) is 5.82 Å². The van der Waals surface area contributed by atoms with Crippen LogP contribution in [0.15, 0.2) is 59.6 Å². The SMILES string of the molecule is O=C(NCc1nnc2n1CCN(C/C(Cl)=C/c1ccccc1)CC2)c1cccc(F)c1. The van der Waals surface area contributed by atoms with Gasteiger partial charge in [-0.15, -0.1) is 10.2 Å². The molecule has 3 aromatic rings. The molecule has 2 aromatic carbocycles. The van der Waals surface area contributed by atoms with E-state index in [1.54, 1.807) is 6.07 Å². The fraction of sp³-hybridized carbons (Fsp3) is 0.261. The molecule has 6 nitrogen and oxygen atoms in total. The minimum absolute atomic E-state index is 0.233. The van der Waals surface area contributed by atoms with E-state index < -0.39 is 5.82 Å². The summed E-state index contributed by atoms with van der Waals surface area (Å²) in [6.07, 6.45) is 2.74. The fourth-order valence-corrected chi connectivity index (χ4v) is 3.89. The quantitative estimate of drug-likeness (QED) is 0.638. The molecular weight excluding hydrogens is 417 g/mol. The van der Waals surface area contributed by atoms with Crippen molar-refractivity contribution in [1.82, 2.24) is 25.0 Å². The number of amides is 1. The molecule has 160 valence electrons. The summed E-state index contributed by atoms with van der Waals surface area (Å²) in [5.41, 5.74) is 1.36.